The molecule has 0 aliphatic carbocycles. The molecule has 0 saturated carbocycles. The van der Waals surface area contributed by atoms with Gasteiger partial charge in [0.1, 0.15) is 0 Å². The van der Waals surface area contributed by atoms with Gasteiger partial charge in [-0.2, -0.15) is 0 Å². The summed E-state index contributed by atoms with van der Waals surface area (Å²) in [6.07, 6.45) is 3.28. The van der Waals surface area contributed by atoms with Crippen LogP contribution in [0.15, 0.2) is 0 Å². The number of hydrogen-bond acceptors (Lipinski definition) is 4. The molecule has 0 heterocycles. The molecule has 0 unspecified atom stereocenters. The van der Waals surface area contributed by atoms with Gasteiger partial charge in [0.05, 0.1) is 0 Å². The molecule has 0 fully saturated rings. The molecular formula is C9H24O5Zr. The summed E-state index contributed by atoms with van der Waals surface area (Å²) in [5.74, 6) is -0.682. The fourth-order valence-corrected chi connectivity index (χ4v) is 0.526. The Hall–Kier alpha value is 0.233. The van der Waals surface area contributed by atoms with Crippen molar-refractivity contribution >= 4 is 5.97 Å². The van der Waals surface area contributed by atoms with Crippen molar-refractivity contribution in [1.29, 1.82) is 0 Å². The third-order valence-corrected chi connectivity index (χ3v) is 0.994. The van der Waals surface area contributed by atoms with Crippen molar-refractivity contribution in [2.24, 2.45) is 0 Å². The minimum atomic E-state index is -0.682. The van der Waals surface area contributed by atoms with E-state index in [1.165, 1.54) is 0 Å². The first kappa shape index (κ1) is 29.5. The van der Waals surface area contributed by atoms with Crippen molar-refractivity contribution < 1.29 is 51.4 Å². The molecule has 0 atom stereocenters. The fraction of sp³-hybridized carbons (Fsp3) is 0.889. The SMILES string of the molecule is CCCCCC(=O)O.CO.CO.CO.[Zr]. The van der Waals surface area contributed by atoms with Crippen LogP contribution >= 0.6 is 0 Å². The first-order valence-corrected chi connectivity index (χ1v) is 4.33. The Kier molecular flexibility index (Phi) is 93.6. The first-order valence-electron chi connectivity index (χ1n) is 4.33. The summed E-state index contributed by atoms with van der Waals surface area (Å²) in [7, 11) is 3.00. The van der Waals surface area contributed by atoms with Crippen molar-refractivity contribution in [3.63, 3.8) is 0 Å². The summed E-state index contributed by atoms with van der Waals surface area (Å²) in [5, 5.41) is 29.1. The summed E-state index contributed by atoms with van der Waals surface area (Å²) >= 11 is 0. The molecule has 5 nitrogen and oxygen atoms in total. The van der Waals surface area contributed by atoms with E-state index in [0.29, 0.717) is 6.42 Å². The van der Waals surface area contributed by atoms with Gasteiger partial charge in [0.2, 0.25) is 0 Å². The Morgan fingerprint density at radius 3 is 1.47 bits per heavy atom. The van der Waals surface area contributed by atoms with Crippen molar-refractivity contribution in [3.05, 3.63) is 0 Å². The molecular weight excluding hydrogens is 279 g/mol. The molecule has 0 bridgehead atoms. The zero-order valence-electron chi connectivity index (χ0n) is 10.0. The Morgan fingerprint density at radius 1 is 0.933 bits per heavy atom. The van der Waals surface area contributed by atoms with Crippen molar-refractivity contribution in [2.45, 2.75) is 32.6 Å². The molecule has 0 amide bonds. The molecule has 6 heteroatoms. The summed E-state index contributed by atoms with van der Waals surface area (Å²) in [6.45, 7) is 2.06. The first-order chi connectivity index (χ1) is 6.77. The van der Waals surface area contributed by atoms with Crippen LogP contribution in [0.25, 0.3) is 0 Å². The van der Waals surface area contributed by atoms with Crippen molar-refractivity contribution in [2.75, 3.05) is 21.3 Å². The number of carboxylic acid groups (broad SMARTS) is 1. The van der Waals surface area contributed by atoms with Crippen LogP contribution in [0, 0.1) is 0 Å². The van der Waals surface area contributed by atoms with Gasteiger partial charge in [0, 0.05) is 54.0 Å². The van der Waals surface area contributed by atoms with Gasteiger partial charge in [-0.15, -0.1) is 0 Å². The third-order valence-electron chi connectivity index (χ3n) is 0.994. The van der Waals surface area contributed by atoms with Gasteiger partial charge in [0.25, 0.3) is 0 Å². The van der Waals surface area contributed by atoms with Crippen LogP contribution in [0.4, 0.5) is 0 Å². The maximum atomic E-state index is 9.87. The van der Waals surface area contributed by atoms with E-state index in [4.69, 9.17) is 20.4 Å². The summed E-state index contributed by atoms with van der Waals surface area (Å²) in [5.41, 5.74) is 0. The largest absolute Gasteiger partial charge is 0.481 e. The van der Waals surface area contributed by atoms with Crippen LogP contribution < -0.4 is 0 Å². The van der Waals surface area contributed by atoms with Gasteiger partial charge in [-0.3, -0.25) is 4.79 Å². The van der Waals surface area contributed by atoms with Crippen LogP contribution in [-0.2, 0) is 31.0 Å². The van der Waals surface area contributed by atoms with Crippen molar-refractivity contribution in [1.82, 2.24) is 0 Å². The quantitative estimate of drug-likeness (QED) is 0.566. The Bertz CT molecular complexity index is 80.9. The van der Waals surface area contributed by atoms with Crippen LogP contribution in [0.1, 0.15) is 32.6 Å². The normalized spacial score (nSPS) is 6.07. The third kappa shape index (κ3) is 77.8. The molecule has 0 radical (unpaired) electrons. The minimum Gasteiger partial charge on any atom is -0.481 e. The Morgan fingerprint density at radius 2 is 1.27 bits per heavy atom. The summed E-state index contributed by atoms with van der Waals surface area (Å²) < 4.78 is 0. The summed E-state index contributed by atoms with van der Waals surface area (Å²) in [4.78, 5) is 9.87. The number of unbranched alkanes of at least 4 members (excludes halogenated alkanes) is 2. The predicted molar refractivity (Wildman–Crippen MR) is 56.2 cm³/mol. The molecule has 0 spiro atoms. The van der Waals surface area contributed by atoms with E-state index in [-0.39, 0.29) is 26.2 Å². The number of aliphatic hydroxyl groups excluding tert-OH is 3. The molecule has 0 aliphatic heterocycles. The number of carbonyl (C=O) groups is 1. The van der Waals surface area contributed by atoms with Crippen LogP contribution in [0.3, 0.4) is 0 Å². The van der Waals surface area contributed by atoms with Gasteiger partial charge >= 0.3 is 5.97 Å². The van der Waals surface area contributed by atoms with E-state index in [1.807, 2.05) is 0 Å². The molecule has 0 saturated heterocycles. The zero-order valence-corrected chi connectivity index (χ0v) is 12.5. The molecule has 0 rings (SSSR count). The monoisotopic (exact) mass is 302 g/mol. The van der Waals surface area contributed by atoms with E-state index in [1.54, 1.807) is 0 Å². The van der Waals surface area contributed by atoms with E-state index in [2.05, 4.69) is 6.92 Å². The Labute approximate surface area is 111 Å². The maximum Gasteiger partial charge on any atom is 0.303 e. The van der Waals surface area contributed by atoms with Crippen LogP contribution in [0.5, 0.6) is 0 Å². The van der Waals surface area contributed by atoms with Gasteiger partial charge in [-0.05, 0) is 6.42 Å². The maximum absolute atomic E-state index is 9.87. The molecule has 0 aromatic heterocycles. The zero-order chi connectivity index (χ0) is 12.4. The number of rotatable bonds is 4. The second-order valence-electron chi connectivity index (χ2n) is 1.85. The topological polar surface area (TPSA) is 98.0 Å². The van der Waals surface area contributed by atoms with Crippen LogP contribution in [0.2, 0.25) is 0 Å². The Balaban J connectivity index is -0.0000000410. The molecule has 0 aromatic carbocycles. The number of carboxylic acids is 1. The molecule has 0 aliphatic rings. The molecule has 4 N–H and O–H groups in total. The minimum absolute atomic E-state index is 0. The fourth-order valence-electron chi connectivity index (χ4n) is 0.526. The average Bonchev–Trinajstić information content (AvgIpc) is 2.27. The standard InChI is InChI=1S/C6H12O2.3CH4O.Zr/c1-2-3-4-5-6(7)8;3*1-2;/h2-5H2,1H3,(H,7,8);3*2H,1H3;. The molecule has 94 valence electrons. The van der Waals surface area contributed by atoms with E-state index >= 15 is 0 Å². The van der Waals surface area contributed by atoms with E-state index in [0.717, 1.165) is 40.6 Å². The van der Waals surface area contributed by atoms with E-state index in [9.17, 15) is 4.79 Å². The smallest absolute Gasteiger partial charge is 0.303 e. The van der Waals surface area contributed by atoms with Gasteiger partial charge in [-0.25, -0.2) is 0 Å². The molecule has 0 aromatic rings. The second-order valence-corrected chi connectivity index (χ2v) is 1.85. The number of hydrogen-bond donors (Lipinski definition) is 4. The second kappa shape index (κ2) is 47.6. The van der Waals surface area contributed by atoms with Gasteiger partial charge in [-0.1, -0.05) is 19.8 Å². The molecule has 15 heavy (non-hydrogen) atoms. The van der Waals surface area contributed by atoms with Crippen LogP contribution in [-0.4, -0.2) is 47.7 Å². The average molecular weight is 304 g/mol. The summed E-state index contributed by atoms with van der Waals surface area (Å²) in [6, 6.07) is 0. The number of aliphatic carboxylic acids is 1. The van der Waals surface area contributed by atoms with Crippen molar-refractivity contribution in [3.8, 4) is 0 Å². The van der Waals surface area contributed by atoms with Gasteiger partial charge in [0.15, 0.2) is 0 Å². The predicted octanol–water partition coefficient (Wildman–Crippen LogP) is 0.474. The van der Waals surface area contributed by atoms with Gasteiger partial charge < -0.3 is 20.4 Å². The number of aliphatic hydroxyl groups is 3. The van der Waals surface area contributed by atoms with E-state index < -0.39 is 5.97 Å².